The first kappa shape index (κ1) is 24.8. The maximum atomic E-state index is 12.7. The van der Waals surface area contributed by atoms with Gasteiger partial charge in [0.15, 0.2) is 0 Å². The van der Waals surface area contributed by atoms with Crippen molar-refractivity contribution in [3.05, 3.63) is 52.6 Å². The predicted molar refractivity (Wildman–Crippen MR) is 126 cm³/mol. The van der Waals surface area contributed by atoms with E-state index in [4.69, 9.17) is 9.47 Å². The fraction of sp³-hybridized carbons (Fsp3) is 0.333. The minimum atomic E-state index is -4.07. The molecule has 1 aliphatic rings. The molecule has 3 rings (SSSR count). The Morgan fingerprint density at radius 2 is 1.85 bits per heavy atom. The molecular weight excluding hydrogens is 466 g/mol. The van der Waals surface area contributed by atoms with Gasteiger partial charge in [0.1, 0.15) is 11.4 Å². The second-order valence-corrected chi connectivity index (χ2v) is 8.93. The Kier molecular flexibility index (Phi) is 7.89. The van der Waals surface area contributed by atoms with Crippen molar-refractivity contribution >= 4 is 38.9 Å². The summed E-state index contributed by atoms with van der Waals surface area (Å²) in [5.41, 5.74) is 3.28. The summed E-state index contributed by atoms with van der Waals surface area (Å²) in [6.07, 6.45) is 0.584. The molecule has 12 nitrogen and oxygen atoms in total. The monoisotopic (exact) mass is 491 g/mol. The van der Waals surface area contributed by atoms with Crippen LogP contribution in [-0.4, -0.2) is 56.9 Å². The molecule has 0 radical (unpaired) electrons. The van der Waals surface area contributed by atoms with Gasteiger partial charge in [-0.1, -0.05) is 0 Å². The second-order valence-electron chi connectivity index (χ2n) is 7.25. The van der Waals surface area contributed by atoms with Crippen molar-refractivity contribution in [2.75, 3.05) is 37.0 Å². The number of nitrogens with one attached hydrogen (secondary N) is 2. The molecule has 1 saturated heterocycles. The lowest BCUT2D eigenvalue weighted by molar-refractivity contribution is -0.384. The molecule has 13 heteroatoms. The highest BCUT2D eigenvalue weighted by Gasteiger charge is 2.23. The lowest BCUT2D eigenvalue weighted by Gasteiger charge is -2.26. The number of benzene rings is 2. The van der Waals surface area contributed by atoms with Crippen LogP contribution in [0.25, 0.3) is 0 Å². The lowest BCUT2D eigenvalue weighted by atomic mass is 10.1. The molecule has 0 unspecified atom stereocenters. The number of amides is 1. The summed E-state index contributed by atoms with van der Waals surface area (Å²) in [5, 5.41) is 15.8. The molecule has 2 N–H and O–H groups in total. The van der Waals surface area contributed by atoms with E-state index in [0.29, 0.717) is 38.3 Å². The van der Waals surface area contributed by atoms with Crippen LogP contribution < -0.4 is 14.9 Å². The molecule has 34 heavy (non-hydrogen) atoms. The highest BCUT2D eigenvalue weighted by Crippen LogP contribution is 2.29. The van der Waals surface area contributed by atoms with Crippen LogP contribution in [0, 0.1) is 10.1 Å². The minimum absolute atomic E-state index is 0.0497. The minimum Gasteiger partial charge on any atom is -0.497 e. The van der Waals surface area contributed by atoms with Crippen LogP contribution in [0.15, 0.2) is 52.5 Å². The molecule has 0 spiro atoms. The number of nitro benzene ring substituents is 1. The number of hydrazone groups is 1. The molecule has 0 aliphatic carbocycles. The molecular formula is C21H25N5O7S. The average Bonchev–Trinajstić information content (AvgIpc) is 2.83. The fourth-order valence-electron chi connectivity index (χ4n) is 3.21. The Labute approximate surface area is 196 Å². The zero-order valence-corrected chi connectivity index (χ0v) is 19.5. The molecule has 0 bridgehead atoms. The van der Waals surface area contributed by atoms with E-state index in [-0.39, 0.29) is 22.4 Å². The van der Waals surface area contributed by atoms with Crippen molar-refractivity contribution < 1.29 is 27.6 Å². The summed E-state index contributed by atoms with van der Waals surface area (Å²) >= 11 is 0. The summed E-state index contributed by atoms with van der Waals surface area (Å²) in [6, 6.07) is 9.72. The molecule has 0 atom stereocenters. The molecule has 1 aliphatic heterocycles. The van der Waals surface area contributed by atoms with E-state index >= 15 is 0 Å². The quantitative estimate of drug-likeness (QED) is 0.421. The Hall–Kier alpha value is -3.87. The lowest BCUT2D eigenvalue weighted by Crippen LogP contribution is -2.39. The molecule has 1 heterocycles. The largest absolute Gasteiger partial charge is 0.497 e. The Morgan fingerprint density at radius 3 is 2.44 bits per heavy atom. The molecule has 1 amide bonds. The number of carbonyl (C=O) groups is 1. The van der Waals surface area contributed by atoms with Gasteiger partial charge < -0.3 is 14.4 Å². The zero-order valence-electron chi connectivity index (χ0n) is 18.7. The van der Waals surface area contributed by atoms with E-state index < -0.39 is 20.6 Å². The van der Waals surface area contributed by atoms with Gasteiger partial charge in [-0.25, -0.2) is 13.2 Å². The Bertz CT molecular complexity index is 1170. The number of hydrogen-bond acceptors (Lipinski definition) is 9. The second kappa shape index (κ2) is 10.8. The number of carbonyl (C=O) groups excluding carboxylic acids is 1. The highest BCUT2D eigenvalue weighted by molar-refractivity contribution is 7.92. The summed E-state index contributed by atoms with van der Waals surface area (Å²) in [5.74, 6) is 0.558. The summed E-state index contributed by atoms with van der Waals surface area (Å²) in [7, 11) is -2.58. The van der Waals surface area contributed by atoms with E-state index in [9.17, 15) is 23.3 Å². The van der Waals surface area contributed by atoms with Crippen LogP contribution in [0.4, 0.5) is 21.9 Å². The number of hydrogen-bond donors (Lipinski definition) is 2. The number of ether oxygens (including phenoxy) is 2. The van der Waals surface area contributed by atoms with E-state index in [2.05, 4.69) is 15.2 Å². The number of likely N-dealkylation sites (tertiary alicyclic amines) is 1. The smallest absolute Gasteiger partial charge is 0.409 e. The maximum Gasteiger partial charge on any atom is 0.409 e. The summed E-state index contributed by atoms with van der Waals surface area (Å²) in [6.45, 7) is 2.88. The van der Waals surface area contributed by atoms with Crippen LogP contribution in [0.2, 0.25) is 0 Å². The number of methoxy groups -OCH3 is 1. The van der Waals surface area contributed by atoms with Crippen molar-refractivity contribution in [1.29, 1.82) is 0 Å². The number of sulfonamides is 1. The number of anilines is 2. The van der Waals surface area contributed by atoms with Gasteiger partial charge in [0.05, 0.1) is 23.5 Å². The molecule has 2 aromatic rings. The van der Waals surface area contributed by atoms with Crippen LogP contribution in [-0.2, 0) is 14.8 Å². The van der Waals surface area contributed by atoms with Gasteiger partial charge in [-0.05, 0) is 43.3 Å². The number of nitro groups is 1. The van der Waals surface area contributed by atoms with Crippen molar-refractivity contribution in [1.82, 2.24) is 4.90 Å². The third-order valence-electron chi connectivity index (χ3n) is 5.02. The maximum absolute atomic E-state index is 12.7. The van der Waals surface area contributed by atoms with Crippen LogP contribution in [0.3, 0.4) is 0 Å². The predicted octanol–water partition coefficient (Wildman–Crippen LogP) is 3.42. The van der Waals surface area contributed by atoms with Gasteiger partial charge in [0, 0.05) is 43.4 Å². The van der Waals surface area contributed by atoms with Crippen LogP contribution >= 0.6 is 0 Å². The SMILES string of the molecule is CCOC(=O)N1CCC(=NNc2ccc(S(=O)(=O)Nc3ccc(OC)cc3)cc2[N+](=O)[O-])CC1. The molecule has 0 aromatic heterocycles. The number of nitrogens with zero attached hydrogens (tertiary/aromatic N) is 3. The average molecular weight is 492 g/mol. The molecule has 182 valence electrons. The molecule has 2 aromatic carbocycles. The van der Waals surface area contributed by atoms with Gasteiger partial charge in [-0.3, -0.25) is 20.3 Å². The van der Waals surface area contributed by atoms with Crippen molar-refractivity contribution in [3.63, 3.8) is 0 Å². The fourth-order valence-corrected chi connectivity index (χ4v) is 4.29. The van der Waals surface area contributed by atoms with E-state index in [0.717, 1.165) is 11.8 Å². The number of piperidine rings is 1. The van der Waals surface area contributed by atoms with Gasteiger partial charge >= 0.3 is 6.09 Å². The van der Waals surface area contributed by atoms with Gasteiger partial charge in [-0.15, -0.1) is 0 Å². The normalized spacial score (nSPS) is 13.7. The summed E-state index contributed by atoms with van der Waals surface area (Å²) in [4.78, 5) is 24.0. The summed E-state index contributed by atoms with van der Waals surface area (Å²) < 4.78 is 37.8. The Balaban J connectivity index is 1.72. The van der Waals surface area contributed by atoms with Crippen molar-refractivity contribution in [2.24, 2.45) is 5.10 Å². The highest BCUT2D eigenvalue weighted by atomic mass is 32.2. The third-order valence-corrected chi connectivity index (χ3v) is 6.40. The van der Waals surface area contributed by atoms with Crippen molar-refractivity contribution in [2.45, 2.75) is 24.7 Å². The topological polar surface area (TPSA) is 152 Å². The van der Waals surface area contributed by atoms with Gasteiger partial charge in [0.2, 0.25) is 0 Å². The van der Waals surface area contributed by atoms with Crippen molar-refractivity contribution in [3.8, 4) is 5.75 Å². The third kappa shape index (κ3) is 6.13. The first-order valence-corrected chi connectivity index (χ1v) is 11.9. The molecule has 0 saturated carbocycles. The zero-order chi connectivity index (χ0) is 24.7. The van der Waals surface area contributed by atoms with Gasteiger partial charge in [0.25, 0.3) is 15.7 Å². The van der Waals surface area contributed by atoms with Crippen LogP contribution in [0.1, 0.15) is 19.8 Å². The first-order chi connectivity index (χ1) is 16.2. The van der Waals surface area contributed by atoms with Gasteiger partial charge in [-0.2, -0.15) is 5.10 Å². The van der Waals surface area contributed by atoms with Crippen LogP contribution in [0.5, 0.6) is 5.75 Å². The van der Waals surface area contributed by atoms with E-state index in [1.165, 1.54) is 31.4 Å². The first-order valence-electron chi connectivity index (χ1n) is 10.4. The Morgan fingerprint density at radius 1 is 1.18 bits per heavy atom. The standard InChI is InChI=1S/C21H25N5O7S/c1-3-33-21(27)25-12-10-15(11-13-25)22-23-19-9-8-18(14-20(19)26(28)29)34(30,31)24-16-4-6-17(32-2)7-5-16/h4-9,14,23-24H,3,10-13H2,1-2H3. The number of rotatable bonds is 8. The van der Waals surface area contributed by atoms with E-state index in [1.807, 2.05) is 0 Å². The van der Waals surface area contributed by atoms with E-state index in [1.54, 1.807) is 24.0 Å². The molecule has 1 fully saturated rings.